The molecule has 1 aliphatic heterocycles. The smallest absolute Gasteiger partial charge is 0.145 e. The molecule has 4 heteroatoms. The highest BCUT2D eigenvalue weighted by molar-refractivity contribution is 5.82. The van der Waals surface area contributed by atoms with Crippen LogP contribution < -0.4 is 10.1 Å². The van der Waals surface area contributed by atoms with Crippen molar-refractivity contribution in [3.05, 3.63) is 24.0 Å². The summed E-state index contributed by atoms with van der Waals surface area (Å²) in [6.07, 6.45) is 0.306. The average Bonchev–Trinajstić information content (AvgIpc) is 2.50. The summed E-state index contributed by atoms with van der Waals surface area (Å²) in [5.74, 6) is 1.95. The van der Waals surface area contributed by atoms with Crippen molar-refractivity contribution in [1.29, 1.82) is 0 Å². The lowest BCUT2D eigenvalue weighted by Crippen LogP contribution is -2.50. The Morgan fingerprint density at radius 2 is 2.25 bits per heavy atom. The van der Waals surface area contributed by atoms with Gasteiger partial charge in [0, 0.05) is 20.1 Å². The quantitative estimate of drug-likeness (QED) is 0.822. The van der Waals surface area contributed by atoms with Crippen LogP contribution in [-0.2, 0) is 7.05 Å². The summed E-state index contributed by atoms with van der Waals surface area (Å²) in [7, 11) is 2.02. The second kappa shape index (κ2) is 3.49. The van der Waals surface area contributed by atoms with E-state index in [-0.39, 0.29) is 0 Å². The molecule has 0 aliphatic carbocycles. The fourth-order valence-electron chi connectivity index (χ4n) is 1.97. The summed E-state index contributed by atoms with van der Waals surface area (Å²) in [6.45, 7) is 3.88. The largest absolute Gasteiger partial charge is 0.485 e. The van der Waals surface area contributed by atoms with Gasteiger partial charge >= 0.3 is 0 Å². The summed E-state index contributed by atoms with van der Waals surface area (Å²) in [6, 6.07) is 6.03. The third kappa shape index (κ3) is 1.38. The number of ether oxygens (including phenoxy) is 1. The number of nitrogens with one attached hydrogen (secondary N) is 1. The monoisotopic (exact) mass is 217 g/mol. The molecule has 4 nitrogen and oxygen atoms in total. The molecular formula is C12H15N3O. The van der Waals surface area contributed by atoms with Crippen molar-refractivity contribution in [2.45, 2.75) is 13.0 Å². The Kier molecular flexibility index (Phi) is 2.11. The number of aryl methyl sites for hydroxylation is 2. The van der Waals surface area contributed by atoms with Crippen molar-refractivity contribution in [3.63, 3.8) is 0 Å². The minimum Gasteiger partial charge on any atom is -0.485 e. The topological polar surface area (TPSA) is 39.1 Å². The highest BCUT2D eigenvalue weighted by Crippen LogP contribution is 2.26. The normalized spacial score (nSPS) is 16.4. The highest BCUT2D eigenvalue weighted by atomic mass is 16.5. The van der Waals surface area contributed by atoms with Crippen LogP contribution in [0.5, 0.6) is 5.75 Å². The van der Waals surface area contributed by atoms with Gasteiger partial charge in [0.25, 0.3) is 0 Å². The van der Waals surface area contributed by atoms with Gasteiger partial charge in [0.2, 0.25) is 0 Å². The van der Waals surface area contributed by atoms with Crippen LogP contribution in [0, 0.1) is 6.92 Å². The van der Waals surface area contributed by atoms with E-state index < -0.39 is 0 Å². The van der Waals surface area contributed by atoms with E-state index in [1.54, 1.807) is 0 Å². The zero-order chi connectivity index (χ0) is 11.1. The minimum absolute atomic E-state index is 0.306. The van der Waals surface area contributed by atoms with Gasteiger partial charge in [0.05, 0.1) is 5.52 Å². The summed E-state index contributed by atoms with van der Waals surface area (Å²) in [4.78, 5) is 4.49. The number of para-hydroxylation sites is 1. The number of benzene rings is 1. The first-order chi connectivity index (χ1) is 7.75. The summed E-state index contributed by atoms with van der Waals surface area (Å²) in [5, 5.41) is 3.20. The van der Waals surface area contributed by atoms with E-state index in [1.165, 1.54) is 0 Å². The highest BCUT2D eigenvalue weighted by Gasteiger charge is 2.20. The predicted molar refractivity (Wildman–Crippen MR) is 62.7 cm³/mol. The third-order valence-electron chi connectivity index (χ3n) is 3.12. The van der Waals surface area contributed by atoms with Crippen LogP contribution in [0.3, 0.4) is 0 Å². The van der Waals surface area contributed by atoms with Crippen LogP contribution in [0.2, 0.25) is 0 Å². The van der Waals surface area contributed by atoms with Gasteiger partial charge in [-0.05, 0) is 19.1 Å². The van der Waals surface area contributed by atoms with E-state index in [1.807, 2.05) is 32.2 Å². The fourth-order valence-corrected chi connectivity index (χ4v) is 1.97. The van der Waals surface area contributed by atoms with Crippen molar-refractivity contribution < 1.29 is 4.74 Å². The van der Waals surface area contributed by atoms with Gasteiger partial charge in [-0.1, -0.05) is 6.07 Å². The van der Waals surface area contributed by atoms with Crippen molar-refractivity contribution in [1.82, 2.24) is 14.9 Å². The molecule has 1 aromatic carbocycles. The molecule has 0 amide bonds. The zero-order valence-electron chi connectivity index (χ0n) is 9.53. The van der Waals surface area contributed by atoms with Gasteiger partial charge in [-0.25, -0.2) is 4.98 Å². The van der Waals surface area contributed by atoms with E-state index in [9.17, 15) is 0 Å². The maximum absolute atomic E-state index is 5.93. The van der Waals surface area contributed by atoms with E-state index in [0.29, 0.717) is 6.10 Å². The molecule has 2 aromatic rings. The Morgan fingerprint density at radius 1 is 1.44 bits per heavy atom. The minimum atomic E-state index is 0.306. The number of hydrogen-bond donors (Lipinski definition) is 1. The second-order valence-corrected chi connectivity index (χ2v) is 4.24. The number of fused-ring (bicyclic) bond motifs is 1. The number of nitrogens with zero attached hydrogens (tertiary/aromatic N) is 2. The molecule has 0 bridgehead atoms. The summed E-state index contributed by atoms with van der Waals surface area (Å²) < 4.78 is 8.01. The maximum atomic E-state index is 5.93. The van der Waals surface area contributed by atoms with Gasteiger partial charge in [-0.3, -0.25) is 0 Å². The Balaban J connectivity index is 2.08. The van der Waals surface area contributed by atoms with Crippen molar-refractivity contribution >= 4 is 11.0 Å². The molecule has 0 atom stereocenters. The fraction of sp³-hybridized carbons (Fsp3) is 0.417. The Labute approximate surface area is 94.2 Å². The van der Waals surface area contributed by atoms with Gasteiger partial charge in [0.1, 0.15) is 23.2 Å². The number of imidazole rings is 1. The average molecular weight is 217 g/mol. The van der Waals surface area contributed by atoms with Crippen LogP contribution in [-0.4, -0.2) is 28.7 Å². The van der Waals surface area contributed by atoms with E-state index >= 15 is 0 Å². The molecule has 16 heavy (non-hydrogen) atoms. The van der Waals surface area contributed by atoms with Crippen LogP contribution in [0.15, 0.2) is 18.2 Å². The SMILES string of the molecule is Cc1nc2cccc(OC3CNC3)c2n1C. The van der Waals surface area contributed by atoms with Crippen molar-refractivity contribution in [2.24, 2.45) is 7.05 Å². The lowest BCUT2D eigenvalue weighted by Gasteiger charge is -2.28. The maximum Gasteiger partial charge on any atom is 0.145 e. The zero-order valence-corrected chi connectivity index (χ0v) is 9.53. The first-order valence-corrected chi connectivity index (χ1v) is 5.55. The molecular weight excluding hydrogens is 202 g/mol. The Morgan fingerprint density at radius 3 is 2.94 bits per heavy atom. The first-order valence-electron chi connectivity index (χ1n) is 5.55. The molecule has 2 heterocycles. The molecule has 1 aliphatic rings. The van der Waals surface area contributed by atoms with Crippen LogP contribution in [0.4, 0.5) is 0 Å². The van der Waals surface area contributed by atoms with Gasteiger partial charge in [0.15, 0.2) is 0 Å². The summed E-state index contributed by atoms with van der Waals surface area (Å²) >= 11 is 0. The van der Waals surface area contributed by atoms with Crippen LogP contribution in [0.25, 0.3) is 11.0 Å². The number of rotatable bonds is 2. The Hall–Kier alpha value is -1.55. The lowest BCUT2D eigenvalue weighted by molar-refractivity contribution is 0.144. The van der Waals surface area contributed by atoms with E-state index in [0.717, 1.165) is 35.7 Å². The molecule has 1 saturated heterocycles. The molecule has 3 rings (SSSR count). The van der Waals surface area contributed by atoms with E-state index in [2.05, 4.69) is 14.9 Å². The molecule has 0 saturated carbocycles. The Bertz CT molecular complexity index is 528. The van der Waals surface area contributed by atoms with Crippen molar-refractivity contribution in [3.8, 4) is 5.75 Å². The molecule has 1 fully saturated rings. The predicted octanol–water partition coefficient (Wildman–Crippen LogP) is 1.23. The standard InChI is InChI=1S/C12H15N3O/c1-8-14-10-4-3-5-11(12(10)15(8)2)16-9-6-13-7-9/h3-5,9,13H,6-7H2,1-2H3. The molecule has 0 spiro atoms. The summed E-state index contributed by atoms with van der Waals surface area (Å²) in [5.41, 5.74) is 2.09. The molecule has 1 aromatic heterocycles. The van der Waals surface area contributed by atoms with Gasteiger partial charge in [-0.2, -0.15) is 0 Å². The third-order valence-corrected chi connectivity index (χ3v) is 3.12. The lowest BCUT2D eigenvalue weighted by atomic mass is 10.2. The molecule has 84 valence electrons. The molecule has 1 N–H and O–H groups in total. The van der Waals surface area contributed by atoms with Crippen LogP contribution in [0.1, 0.15) is 5.82 Å². The molecule has 0 radical (unpaired) electrons. The molecule has 0 unspecified atom stereocenters. The van der Waals surface area contributed by atoms with Gasteiger partial charge < -0.3 is 14.6 Å². The number of hydrogen-bond acceptors (Lipinski definition) is 3. The first kappa shape index (κ1) is 9.66. The van der Waals surface area contributed by atoms with Crippen LogP contribution >= 0.6 is 0 Å². The second-order valence-electron chi connectivity index (χ2n) is 4.24. The van der Waals surface area contributed by atoms with Gasteiger partial charge in [-0.15, -0.1) is 0 Å². The van der Waals surface area contributed by atoms with Crippen molar-refractivity contribution in [2.75, 3.05) is 13.1 Å². The number of aromatic nitrogens is 2. The van der Waals surface area contributed by atoms with E-state index in [4.69, 9.17) is 4.74 Å².